The van der Waals surface area contributed by atoms with Gasteiger partial charge in [0.05, 0.1) is 17.8 Å². The van der Waals surface area contributed by atoms with Crippen molar-refractivity contribution in [3.63, 3.8) is 0 Å². The van der Waals surface area contributed by atoms with Gasteiger partial charge < -0.3 is 18.4 Å². The smallest absolute Gasteiger partial charge is 0.750 e. The Hall–Kier alpha value is 1.12. The molecule has 0 bridgehead atoms. The molecule has 0 aliphatic carbocycles. The molecule has 0 rings (SSSR count). The van der Waals surface area contributed by atoms with Gasteiger partial charge in [-0.05, 0) is 0 Å². The van der Waals surface area contributed by atoms with E-state index in [0.29, 0.717) is 0 Å². The molecular formula is C4H4Na2O9S2. The van der Waals surface area contributed by atoms with Gasteiger partial charge in [0.1, 0.15) is 11.4 Å². The molecule has 0 fully saturated rings. The average molecular weight is 306 g/mol. The van der Waals surface area contributed by atoms with Crippen molar-refractivity contribution >= 4 is 34.7 Å². The second kappa shape index (κ2) is 12.2. The van der Waals surface area contributed by atoms with Crippen molar-refractivity contribution in [2.24, 2.45) is 0 Å². The van der Waals surface area contributed by atoms with Gasteiger partial charge in [-0.3, -0.25) is 8.98 Å². The standard InChI is InChI=1S/C4H6O9S2.2Na/c5-3(6)1-2(12-14(8)9)4(7)13-15(10)11;;/h2H,1H2,(H,5,6)(H,8,9)(H,10,11);;/q;2*+1/p-2. The van der Waals surface area contributed by atoms with Crippen molar-refractivity contribution in [3.8, 4) is 0 Å². The maximum Gasteiger partial charge on any atom is 1.00 e. The van der Waals surface area contributed by atoms with Crippen LogP contribution in [0.4, 0.5) is 0 Å². The Bertz CT molecular complexity index is 291. The molecule has 13 heteroatoms. The number of carboxylic acid groups (broad SMARTS) is 1. The summed E-state index contributed by atoms with van der Waals surface area (Å²) in [6.45, 7) is 0. The summed E-state index contributed by atoms with van der Waals surface area (Å²) in [5, 5.41) is 8.24. The van der Waals surface area contributed by atoms with Crippen LogP contribution in [0.2, 0.25) is 0 Å². The first-order chi connectivity index (χ1) is 6.82. The number of hydrogen-bond donors (Lipinski definition) is 1. The Balaban J connectivity index is -0.000000980. The number of carboxylic acids is 1. The van der Waals surface area contributed by atoms with Crippen LogP contribution in [0.25, 0.3) is 0 Å². The molecule has 0 aromatic rings. The molecule has 0 saturated carbocycles. The van der Waals surface area contributed by atoms with Crippen LogP contribution < -0.4 is 59.1 Å². The van der Waals surface area contributed by atoms with Crippen LogP contribution in [-0.2, 0) is 40.7 Å². The minimum absolute atomic E-state index is 0. The van der Waals surface area contributed by atoms with E-state index in [0.717, 1.165) is 0 Å². The Morgan fingerprint density at radius 3 is 1.94 bits per heavy atom. The first-order valence-corrected chi connectivity index (χ1v) is 5.12. The van der Waals surface area contributed by atoms with Crippen LogP contribution in [0.1, 0.15) is 6.42 Å². The van der Waals surface area contributed by atoms with Gasteiger partial charge in [-0.25, -0.2) is 13.2 Å². The molecule has 0 aromatic heterocycles. The maximum atomic E-state index is 10.7. The summed E-state index contributed by atoms with van der Waals surface area (Å²) in [5.41, 5.74) is 0. The quantitative estimate of drug-likeness (QED) is 0.372. The van der Waals surface area contributed by atoms with E-state index in [-0.39, 0.29) is 59.1 Å². The van der Waals surface area contributed by atoms with Crippen molar-refractivity contribution in [1.82, 2.24) is 0 Å². The second-order valence-electron chi connectivity index (χ2n) is 1.99. The number of carbonyl (C=O) groups excluding carboxylic acids is 1. The van der Waals surface area contributed by atoms with E-state index in [1.807, 2.05) is 0 Å². The largest absolute Gasteiger partial charge is 1.00 e. The van der Waals surface area contributed by atoms with Gasteiger partial charge in [-0.2, -0.15) is 0 Å². The molecule has 3 unspecified atom stereocenters. The molecule has 0 radical (unpaired) electrons. The molecule has 0 aromatic carbocycles. The fourth-order valence-corrected chi connectivity index (χ4v) is 1.11. The topological polar surface area (TPSA) is 153 Å². The molecule has 88 valence electrons. The number of hydrogen-bond acceptors (Lipinski definition) is 8. The van der Waals surface area contributed by atoms with Gasteiger partial charge in [-0.1, -0.05) is 0 Å². The predicted octanol–water partition coefficient (Wildman–Crippen LogP) is -8.01. The van der Waals surface area contributed by atoms with Gasteiger partial charge in [0.15, 0.2) is 6.10 Å². The Kier molecular flexibility index (Phi) is 16.6. The fraction of sp³-hybridized carbons (Fsp3) is 0.500. The van der Waals surface area contributed by atoms with Crippen LogP contribution in [0, 0.1) is 0 Å². The van der Waals surface area contributed by atoms with Crippen molar-refractivity contribution in [2.45, 2.75) is 12.5 Å². The van der Waals surface area contributed by atoms with Crippen LogP contribution in [0.15, 0.2) is 0 Å². The molecule has 0 aliphatic rings. The summed E-state index contributed by atoms with van der Waals surface area (Å²) in [6, 6.07) is 0. The number of carbonyl (C=O) groups is 2. The third kappa shape index (κ3) is 13.4. The van der Waals surface area contributed by atoms with Gasteiger partial charge in [0, 0.05) is 0 Å². The van der Waals surface area contributed by atoms with Crippen LogP contribution in [0.3, 0.4) is 0 Å². The normalized spacial score (nSPS) is 14.5. The van der Waals surface area contributed by atoms with E-state index in [9.17, 15) is 27.1 Å². The zero-order valence-electron chi connectivity index (χ0n) is 8.81. The molecule has 0 heterocycles. The van der Waals surface area contributed by atoms with Crippen LogP contribution in [0.5, 0.6) is 0 Å². The molecule has 9 nitrogen and oxygen atoms in total. The molecule has 17 heavy (non-hydrogen) atoms. The maximum absolute atomic E-state index is 10.7. The van der Waals surface area contributed by atoms with Gasteiger partial charge in [-0.15, -0.1) is 0 Å². The summed E-state index contributed by atoms with van der Waals surface area (Å²) in [6.07, 6.45) is -3.07. The van der Waals surface area contributed by atoms with E-state index < -0.39 is 47.2 Å². The van der Waals surface area contributed by atoms with E-state index in [2.05, 4.69) is 8.37 Å². The molecule has 3 atom stereocenters. The molecular weight excluding hydrogens is 302 g/mol. The van der Waals surface area contributed by atoms with Crippen LogP contribution >= 0.6 is 0 Å². The minimum atomic E-state index is -3.22. The Labute approximate surface area is 145 Å². The SMILES string of the molecule is O=C(O)CC(OS(=O)[O-])C(=O)OS(=O)[O-].[Na+].[Na+]. The average Bonchev–Trinajstić information content (AvgIpc) is 1.99. The van der Waals surface area contributed by atoms with E-state index in [1.165, 1.54) is 0 Å². The van der Waals surface area contributed by atoms with Gasteiger partial charge in [0.25, 0.3) is 0 Å². The van der Waals surface area contributed by atoms with E-state index in [4.69, 9.17) is 5.11 Å². The van der Waals surface area contributed by atoms with Crippen molar-refractivity contribution in [3.05, 3.63) is 0 Å². The van der Waals surface area contributed by atoms with Gasteiger partial charge in [0.2, 0.25) is 0 Å². The predicted molar refractivity (Wildman–Crippen MR) is 41.1 cm³/mol. The first-order valence-electron chi connectivity index (χ1n) is 3.12. The molecule has 0 spiro atoms. The Morgan fingerprint density at radius 1 is 1.18 bits per heavy atom. The fourth-order valence-electron chi connectivity index (χ4n) is 0.531. The monoisotopic (exact) mass is 306 g/mol. The summed E-state index contributed by atoms with van der Waals surface area (Å²) < 4.78 is 47.1. The molecule has 1 N–H and O–H groups in total. The third-order valence-corrected chi connectivity index (χ3v) is 1.66. The minimum Gasteiger partial charge on any atom is -0.750 e. The van der Waals surface area contributed by atoms with Crippen molar-refractivity contribution < 1.29 is 99.7 Å². The summed E-state index contributed by atoms with van der Waals surface area (Å²) in [4.78, 5) is 20.9. The number of aliphatic carboxylic acids is 1. The third-order valence-electron chi connectivity index (χ3n) is 0.968. The van der Waals surface area contributed by atoms with Gasteiger partial charge >= 0.3 is 71.1 Å². The van der Waals surface area contributed by atoms with E-state index in [1.54, 1.807) is 0 Å². The second-order valence-corrected chi connectivity index (χ2v) is 3.17. The van der Waals surface area contributed by atoms with E-state index >= 15 is 0 Å². The summed E-state index contributed by atoms with van der Waals surface area (Å²) in [5.74, 6) is -3.19. The molecule has 0 amide bonds. The molecule has 0 saturated heterocycles. The van der Waals surface area contributed by atoms with Crippen LogP contribution in [-0.4, -0.2) is 40.7 Å². The van der Waals surface area contributed by atoms with Crippen molar-refractivity contribution in [1.29, 1.82) is 0 Å². The molecule has 0 aliphatic heterocycles. The Morgan fingerprint density at radius 2 is 1.65 bits per heavy atom. The number of rotatable bonds is 6. The summed E-state index contributed by atoms with van der Waals surface area (Å²) in [7, 11) is 0. The zero-order chi connectivity index (χ0) is 12.0. The summed E-state index contributed by atoms with van der Waals surface area (Å²) >= 11 is -6.38. The van der Waals surface area contributed by atoms with Crippen molar-refractivity contribution in [2.75, 3.05) is 0 Å². The zero-order valence-corrected chi connectivity index (χ0v) is 14.4. The first kappa shape index (κ1) is 23.2.